The number of carbonyl (C=O) groups excluding carboxylic acids is 1. The molecule has 0 N–H and O–H groups in total. The Hall–Kier alpha value is -2.24. The molecule has 1 aliphatic rings. The summed E-state index contributed by atoms with van der Waals surface area (Å²) in [6, 6.07) is 12.8. The Balaban J connectivity index is 1.61. The Morgan fingerprint density at radius 3 is 2.56 bits per heavy atom. The van der Waals surface area contributed by atoms with E-state index in [4.69, 9.17) is 25.8 Å². The second-order valence-electron chi connectivity index (χ2n) is 6.56. The molecule has 5 nitrogen and oxygen atoms in total. The molecule has 0 radical (unpaired) electrons. The van der Waals surface area contributed by atoms with Gasteiger partial charge in [-0.05, 0) is 48.7 Å². The predicted octanol–water partition coefficient (Wildman–Crippen LogP) is 4.18. The van der Waals surface area contributed by atoms with Crippen molar-refractivity contribution in [1.82, 2.24) is 4.90 Å². The smallest absolute Gasteiger partial charge is 0.253 e. The number of carbonyl (C=O) groups is 1. The van der Waals surface area contributed by atoms with Crippen LogP contribution in [-0.2, 0) is 11.3 Å². The van der Waals surface area contributed by atoms with E-state index in [1.807, 2.05) is 23.1 Å². The van der Waals surface area contributed by atoms with Crippen LogP contribution in [-0.4, -0.2) is 44.2 Å². The molecule has 0 bridgehead atoms. The highest BCUT2D eigenvalue weighted by Crippen LogP contribution is 2.24. The topological polar surface area (TPSA) is 48.0 Å². The maximum atomic E-state index is 12.7. The fraction of sp³-hybridized carbons (Fsp3) is 0.381. The standard InChI is InChI=1S/C21H24ClNO4/c1-25-19-9-15(10-20(12-19)26-2)14-27-18-7-4-8-23(13-18)21(24)16-5-3-6-17(22)11-16/h3,5-6,9-12,18H,4,7-8,13-14H2,1-2H3/t18-/m1/s1. The van der Waals surface area contributed by atoms with Crippen molar-refractivity contribution in [3.8, 4) is 11.5 Å². The average Bonchev–Trinajstić information content (AvgIpc) is 2.71. The normalized spacial score (nSPS) is 16.9. The summed E-state index contributed by atoms with van der Waals surface area (Å²) in [7, 11) is 3.25. The van der Waals surface area contributed by atoms with Crippen molar-refractivity contribution >= 4 is 17.5 Å². The van der Waals surface area contributed by atoms with E-state index in [9.17, 15) is 4.79 Å². The Bertz CT molecular complexity index is 773. The fourth-order valence-corrected chi connectivity index (χ4v) is 3.42. The molecule has 1 amide bonds. The molecule has 0 saturated carbocycles. The van der Waals surface area contributed by atoms with Crippen molar-refractivity contribution in [3.63, 3.8) is 0 Å². The third-order valence-electron chi connectivity index (χ3n) is 4.63. The molecule has 0 unspecified atom stereocenters. The quantitative estimate of drug-likeness (QED) is 0.743. The number of halogens is 1. The molecule has 1 saturated heterocycles. The lowest BCUT2D eigenvalue weighted by Crippen LogP contribution is -2.43. The van der Waals surface area contributed by atoms with Gasteiger partial charge in [0.25, 0.3) is 5.91 Å². The van der Waals surface area contributed by atoms with E-state index in [0.717, 1.165) is 36.4 Å². The summed E-state index contributed by atoms with van der Waals surface area (Å²) in [5.74, 6) is 1.46. The number of ether oxygens (including phenoxy) is 3. The number of benzene rings is 2. The summed E-state index contributed by atoms with van der Waals surface area (Å²) in [5, 5.41) is 0.567. The van der Waals surface area contributed by atoms with E-state index in [1.165, 1.54) is 0 Å². The number of methoxy groups -OCH3 is 2. The maximum Gasteiger partial charge on any atom is 0.253 e. The molecule has 0 aliphatic carbocycles. The van der Waals surface area contributed by atoms with Gasteiger partial charge in [0.05, 0.1) is 26.9 Å². The third kappa shape index (κ3) is 5.15. The van der Waals surface area contributed by atoms with Crippen LogP contribution >= 0.6 is 11.6 Å². The molecule has 0 aromatic heterocycles. The first kappa shape index (κ1) is 19.5. The zero-order chi connectivity index (χ0) is 19.2. The van der Waals surface area contributed by atoms with Gasteiger partial charge in [-0.15, -0.1) is 0 Å². The molecule has 2 aromatic rings. The van der Waals surface area contributed by atoms with Crippen LogP contribution in [0.3, 0.4) is 0 Å². The van der Waals surface area contributed by atoms with Crippen LogP contribution in [0.15, 0.2) is 42.5 Å². The molecular weight excluding hydrogens is 366 g/mol. The monoisotopic (exact) mass is 389 g/mol. The number of hydrogen-bond donors (Lipinski definition) is 0. The Morgan fingerprint density at radius 1 is 1.15 bits per heavy atom. The highest BCUT2D eigenvalue weighted by Gasteiger charge is 2.25. The zero-order valence-electron chi connectivity index (χ0n) is 15.6. The van der Waals surface area contributed by atoms with Gasteiger partial charge in [0.1, 0.15) is 11.5 Å². The van der Waals surface area contributed by atoms with Gasteiger partial charge in [-0.1, -0.05) is 17.7 Å². The summed E-state index contributed by atoms with van der Waals surface area (Å²) in [6.45, 7) is 1.75. The molecule has 27 heavy (non-hydrogen) atoms. The summed E-state index contributed by atoms with van der Waals surface area (Å²) in [4.78, 5) is 14.6. The first-order valence-electron chi connectivity index (χ1n) is 8.97. The maximum absolute atomic E-state index is 12.7. The Kier molecular flexibility index (Phi) is 6.58. The van der Waals surface area contributed by atoms with Crippen LogP contribution in [0.25, 0.3) is 0 Å². The van der Waals surface area contributed by atoms with E-state index in [2.05, 4.69) is 0 Å². The number of nitrogens with zero attached hydrogens (tertiary/aromatic N) is 1. The largest absolute Gasteiger partial charge is 0.497 e. The molecule has 144 valence electrons. The van der Waals surface area contributed by atoms with E-state index in [1.54, 1.807) is 38.5 Å². The molecule has 1 heterocycles. The molecule has 1 atom stereocenters. The van der Waals surface area contributed by atoms with Gasteiger partial charge in [-0.3, -0.25) is 4.79 Å². The lowest BCUT2D eigenvalue weighted by molar-refractivity contribution is -0.00681. The van der Waals surface area contributed by atoms with Crippen LogP contribution in [0.4, 0.5) is 0 Å². The van der Waals surface area contributed by atoms with Crippen LogP contribution in [0.2, 0.25) is 5.02 Å². The highest BCUT2D eigenvalue weighted by molar-refractivity contribution is 6.30. The lowest BCUT2D eigenvalue weighted by Gasteiger charge is -2.33. The van der Waals surface area contributed by atoms with Gasteiger partial charge in [-0.25, -0.2) is 0 Å². The Labute approximate surface area is 164 Å². The predicted molar refractivity (Wildman–Crippen MR) is 105 cm³/mol. The molecule has 0 spiro atoms. The molecule has 1 aliphatic heterocycles. The zero-order valence-corrected chi connectivity index (χ0v) is 16.4. The van der Waals surface area contributed by atoms with Crippen molar-refractivity contribution in [1.29, 1.82) is 0 Å². The van der Waals surface area contributed by atoms with Gasteiger partial charge in [0, 0.05) is 29.7 Å². The fourth-order valence-electron chi connectivity index (χ4n) is 3.23. The third-order valence-corrected chi connectivity index (χ3v) is 4.87. The van der Waals surface area contributed by atoms with E-state index in [0.29, 0.717) is 23.7 Å². The molecular formula is C21H24ClNO4. The van der Waals surface area contributed by atoms with Gasteiger partial charge in [-0.2, -0.15) is 0 Å². The van der Waals surface area contributed by atoms with Gasteiger partial charge >= 0.3 is 0 Å². The number of rotatable bonds is 6. The van der Waals surface area contributed by atoms with Crippen LogP contribution in [0.1, 0.15) is 28.8 Å². The minimum Gasteiger partial charge on any atom is -0.497 e. The van der Waals surface area contributed by atoms with Crippen molar-refractivity contribution in [2.75, 3.05) is 27.3 Å². The van der Waals surface area contributed by atoms with Gasteiger partial charge < -0.3 is 19.1 Å². The first-order chi connectivity index (χ1) is 13.1. The van der Waals surface area contributed by atoms with Crippen molar-refractivity contribution in [2.45, 2.75) is 25.6 Å². The number of amides is 1. The molecule has 1 fully saturated rings. The van der Waals surface area contributed by atoms with E-state index in [-0.39, 0.29) is 12.0 Å². The van der Waals surface area contributed by atoms with Crippen molar-refractivity contribution in [2.24, 2.45) is 0 Å². The van der Waals surface area contributed by atoms with Crippen molar-refractivity contribution in [3.05, 3.63) is 58.6 Å². The van der Waals surface area contributed by atoms with Crippen LogP contribution in [0, 0.1) is 0 Å². The molecule has 2 aromatic carbocycles. The number of piperidine rings is 1. The van der Waals surface area contributed by atoms with Crippen LogP contribution in [0.5, 0.6) is 11.5 Å². The Morgan fingerprint density at radius 2 is 1.89 bits per heavy atom. The second kappa shape index (κ2) is 9.11. The average molecular weight is 390 g/mol. The van der Waals surface area contributed by atoms with Crippen molar-refractivity contribution < 1.29 is 19.0 Å². The highest BCUT2D eigenvalue weighted by atomic mass is 35.5. The molecule has 3 rings (SSSR count). The summed E-state index contributed by atoms with van der Waals surface area (Å²) in [6.07, 6.45) is 1.85. The van der Waals surface area contributed by atoms with Gasteiger partial charge in [0.2, 0.25) is 0 Å². The molecule has 6 heteroatoms. The second-order valence-corrected chi connectivity index (χ2v) is 6.99. The minimum atomic E-state index is -0.00569. The summed E-state index contributed by atoms with van der Waals surface area (Å²) in [5.41, 5.74) is 1.59. The van der Waals surface area contributed by atoms with E-state index < -0.39 is 0 Å². The number of likely N-dealkylation sites (tertiary alicyclic amines) is 1. The number of hydrogen-bond acceptors (Lipinski definition) is 4. The summed E-state index contributed by atoms with van der Waals surface area (Å²) < 4.78 is 16.7. The minimum absolute atomic E-state index is 0.000852. The van der Waals surface area contributed by atoms with E-state index >= 15 is 0 Å². The first-order valence-corrected chi connectivity index (χ1v) is 9.35. The lowest BCUT2D eigenvalue weighted by atomic mass is 10.1. The summed E-state index contributed by atoms with van der Waals surface area (Å²) >= 11 is 6.01. The SMILES string of the molecule is COc1cc(CO[C@@H]2CCCN(C(=O)c3cccc(Cl)c3)C2)cc(OC)c1. The van der Waals surface area contributed by atoms with Crippen LogP contribution < -0.4 is 9.47 Å². The van der Waals surface area contributed by atoms with Gasteiger partial charge in [0.15, 0.2) is 0 Å².